The smallest absolute Gasteiger partial charge is 0.0658 e. The fourth-order valence-electron chi connectivity index (χ4n) is 9.37. The Morgan fingerprint density at radius 3 is 2.32 bits per heavy atom. The molecule has 31 heavy (non-hydrogen) atoms. The molecule has 2 nitrogen and oxygen atoms in total. The minimum absolute atomic E-state index is 0.159. The molecule has 0 bridgehead atoms. The van der Waals surface area contributed by atoms with E-state index in [4.69, 9.17) is 0 Å². The Labute approximate surface area is 192 Å². The van der Waals surface area contributed by atoms with Crippen LogP contribution in [0, 0.1) is 51.8 Å². The van der Waals surface area contributed by atoms with Crippen LogP contribution in [0.5, 0.6) is 0 Å². The van der Waals surface area contributed by atoms with Crippen LogP contribution in [0.15, 0.2) is 11.6 Å². The lowest BCUT2D eigenvalue weighted by molar-refractivity contribution is -0.133. The average Bonchev–Trinajstić information content (AvgIpc) is 3.04. The highest BCUT2D eigenvalue weighted by molar-refractivity contribution is 5.33. The molecule has 4 aliphatic carbocycles. The lowest BCUT2D eigenvalue weighted by Gasteiger charge is -2.62. The molecule has 0 spiro atoms. The first-order valence-corrected chi connectivity index (χ1v) is 13.5. The molecular weight excluding hydrogens is 380 g/mol. The maximum atomic E-state index is 11.3. The minimum Gasteiger partial charge on any atom is -0.392 e. The van der Waals surface area contributed by atoms with Crippen LogP contribution in [0.25, 0.3) is 0 Å². The quantitative estimate of drug-likeness (QED) is 0.461. The number of aliphatic hydroxyl groups is 2. The summed E-state index contributed by atoms with van der Waals surface area (Å²) in [4.78, 5) is 0. The van der Waals surface area contributed by atoms with E-state index in [1.165, 1.54) is 50.5 Å². The van der Waals surface area contributed by atoms with Crippen molar-refractivity contribution >= 4 is 0 Å². The van der Waals surface area contributed by atoms with Crippen molar-refractivity contribution in [1.29, 1.82) is 0 Å². The maximum absolute atomic E-state index is 11.3. The fourth-order valence-corrected chi connectivity index (χ4v) is 9.37. The molecule has 0 aromatic heterocycles. The highest BCUT2D eigenvalue weighted by Gasteiger charge is 2.63. The van der Waals surface area contributed by atoms with E-state index in [9.17, 15) is 10.2 Å². The zero-order valence-electron chi connectivity index (χ0n) is 21.5. The standard InChI is InChI=1S/C29H50O2/c1-18(2)9-8-10-19(3)21-12-13-22-20-11-14-24-27(4,5)25(30)17-26(31)29(24,7)23(20)15-16-28(21,22)6/h14,18-23,25-26,30-31H,8-13,15-17H2,1-7H3/t19-,20+,21-,22+,23+,25+,26-,28-,29-/m1/s1. The average molecular weight is 431 g/mol. The van der Waals surface area contributed by atoms with Crippen molar-refractivity contribution in [3.8, 4) is 0 Å². The van der Waals surface area contributed by atoms with E-state index in [1.807, 2.05) is 0 Å². The largest absolute Gasteiger partial charge is 0.392 e. The summed E-state index contributed by atoms with van der Waals surface area (Å²) in [7, 11) is 0. The van der Waals surface area contributed by atoms with Crippen LogP contribution in [-0.4, -0.2) is 22.4 Å². The van der Waals surface area contributed by atoms with Gasteiger partial charge in [-0.3, -0.25) is 0 Å². The zero-order chi connectivity index (χ0) is 22.8. The number of rotatable bonds is 5. The van der Waals surface area contributed by atoms with E-state index in [0.29, 0.717) is 23.7 Å². The van der Waals surface area contributed by atoms with Crippen LogP contribution in [-0.2, 0) is 0 Å². The second-order valence-corrected chi connectivity index (χ2v) is 13.5. The number of allylic oxidation sites excluding steroid dienone is 1. The topological polar surface area (TPSA) is 40.5 Å². The third-order valence-corrected chi connectivity index (χ3v) is 11.2. The van der Waals surface area contributed by atoms with Gasteiger partial charge in [0.2, 0.25) is 0 Å². The zero-order valence-corrected chi connectivity index (χ0v) is 21.5. The molecule has 0 aromatic carbocycles. The van der Waals surface area contributed by atoms with Gasteiger partial charge in [-0.2, -0.15) is 0 Å². The third-order valence-electron chi connectivity index (χ3n) is 11.2. The molecule has 4 rings (SSSR count). The highest BCUT2D eigenvalue weighted by Crippen LogP contribution is 2.68. The van der Waals surface area contributed by atoms with E-state index in [2.05, 4.69) is 54.5 Å². The van der Waals surface area contributed by atoms with Gasteiger partial charge in [0.1, 0.15) is 0 Å². The number of aliphatic hydroxyl groups excluding tert-OH is 2. The molecule has 0 aromatic rings. The van der Waals surface area contributed by atoms with Gasteiger partial charge in [0, 0.05) is 17.3 Å². The Kier molecular flexibility index (Phi) is 6.26. The van der Waals surface area contributed by atoms with Crippen molar-refractivity contribution in [3.63, 3.8) is 0 Å². The van der Waals surface area contributed by atoms with Gasteiger partial charge < -0.3 is 10.2 Å². The van der Waals surface area contributed by atoms with Crippen LogP contribution in [0.4, 0.5) is 0 Å². The normalized spacial score (nSPS) is 47.4. The lowest BCUT2D eigenvalue weighted by Crippen LogP contribution is -2.60. The Morgan fingerprint density at radius 2 is 1.65 bits per heavy atom. The number of hydrogen-bond donors (Lipinski definition) is 2. The van der Waals surface area contributed by atoms with Gasteiger partial charge in [-0.15, -0.1) is 0 Å². The summed E-state index contributed by atoms with van der Waals surface area (Å²) in [5.74, 6) is 4.62. The molecule has 0 aliphatic heterocycles. The summed E-state index contributed by atoms with van der Waals surface area (Å²) in [6.45, 7) is 16.6. The van der Waals surface area contributed by atoms with Crippen LogP contribution in [0.1, 0.15) is 106 Å². The van der Waals surface area contributed by atoms with Gasteiger partial charge in [-0.05, 0) is 73.0 Å². The summed E-state index contributed by atoms with van der Waals surface area (Å²) >= 11 is 0. The number of hydrogen-bond acceptors (Lipinski definition) is 2. The highest BCUT2D eigenvalue weighted by atomic mass is 16.3. The first-order chi connectivity index (χ1) is 14.4. The maximum Gasteiger partial charge on any atom is 0.0658 e. The predicted molar refractivity (Wildman–Crippen MR) is 130 cm³/mol. The Morgan fingerprint density at radius 1 is 0.935 bits per heavy atom. The van der Waals surface area contributed by atoms with Gasteiger partial charge in [-0.25, -0.2) is 0 Å². The van der Waals surface area contributed by atoms with Crippen molar-refractivity contribution in [3.05, 3.63) is 11.6 Å². The molecule has 2 heteroatoms. The summed E-state index contributed by atoms with van der Waals surface area (Å²) in [6.07, 6.45) is 12.8. The van der Waals surface area contributed by atoms with E-state index >= 15 is 0 Å². The first-order valence-electron chi connectivity index (χ1n) is 13.5. The molecule has 0 amide bonds. The third kappa shape index (κ3) is 3.58. The van der Waals surface area contributed by atoms with Gasteiger partial charge in [0.05, 0.1) is 12.2 Å². The Hall–Kier alpha value is -0.340. The Balaban J connectivity index is 1.57. The molecule has 2 N–H and O–H groups in total. The SMILES string of the molecule is CC(C)CCC[C@@H](C)[C@H]1CC[C@H]2[C@@H]3CC=C4C(C)(C)[C@@H](O)C[C@@H](O)[C@]4(C)[C@H]3CC[C@]12C. The van der Waals surface area contributed by atoms with Gasteiger partial charge >= 0.3 is 0 Å². The summed E-state index contributed by atoms with van der Waals surface area (Å²) in [6, 6.07) is 0. The second-order valence-electron chi connectivity index (χ2n) is 13.5. The van der Waals surface area contributed by atoms with Crippen molar-refractivity contribution < 1.29 is 10.2 Å². The van der Waals surface area contributed by atoms with Gasteiger partial charge in [0.15, 0.2) is 0 Å². The van der Waals surface area contributed by atoms with Gasteiger partial charge in [-0.1, -0.05) is 79.4 Å². The predicted octanol–water partition coefficient (Wildman–Crippen LogP) is 7.00. The molecule has 0 radical (unpaired) electrons. The van der Waals surface area contributed by atoms with Crippen LogP contribution in [0.2, 0.25) is 0 Å². The minimum atomic E-state index is -0.435. The van der Waals surface area contributed by atoms with Crippen molar-refractivity contribution in [2.24, 2.45) is 51.8 Å². The second kappa shape index (κ2) is 8.15. The van der Waals surface area contributed by atoms with Crippen LogP contribution in [0.3, 0.4) is 0 Å². The van der Waals surface area contributed by atoms with E-state index in [-0.39, 0.29) is 10.8 Å². The van der Waals surface area contributed by atoms with E-state index < -0.39 is 12.2 Å². The monoisotopic (exact) mass is 430 g/mol. The summed E-state index contributed by atoms with van der Waals surface area (Å²) < 4.78 is 0. The Bertz CT molecular complexity index is 693. The first kappa shape index (κ1) is 23.8. The summed E-state index contributed by atoms with van der Waals surface area (Å²) in [5, 5.41) is 22.0. The fraction of sp³-hybridized carbons (Fsp3) is 0.931. The van der Waals surface area contributed by atoms with E-state index in [0.717, 1.165) is 30.1 Å². The van der Waals surface area contributed by atoms with Crippen molar-refractivity contribution in [2.75, 3.05) is 0 Å². The summed E-state index contributed by atoms with van der Waals surface area (Å²) in [5.41, 5.74) is 1.46. The molecular formula is C29H50O2. The van der Waals surface area contributed by atoms with Crippen molar-refractivity contribution in [1.82, 2.24) is 0 Å². The van der Waals surface area contributed by atoms with E-state index in [1.54, 1.807) is 0 Å². The molecule has 178 valence electrons. The molecule has 0 saturated heterocycles. The van der Waals surface area contributed by atoms with Gasteiger partial charge in [0.25, 0.3) is 0 Å². The molecule has 3 saturated carbocycles. The molecule has 9 atom stereocenters. The van der Waals surface area contributed by atoms with Crippen molar-refractivity contribution in [2.45, 2.75) is 118 Å². The molecule has 3 fully saturated rings. The van der Waals surface area contributed by atoms with Crippen LogP contribution < -0.4 is 0 Å². The van der Waals surface area contributed by atoms with Crippen LogP contribution >= 0.6 is 0 Å². The molecule has 4 aliphatic rings. The molecule has 0 heterocycles. The lowest BCUT2D eigenvalue weighted by atomic mass is 9.43. The number of fused-ring (bicyclic) bond motifs is 5. The molecule has 0 unspecified atom stereocenters.